The molecule has 0 radical (unpaired) electrons. The van der Waals surface area contributed by atoms with Gasteiger partial charge < -0.3 is 20.0 Å². The molecule has 0 aromatic carbocycles. The van der Waals surface area contributed by atoms with Crippen molar-refractivity contribution >= 4 is 12.0 Å². The van der Waals surface area contributed by atoms with Crippen LogP contribution in [0.15, 0.2) is 0 Å². The third-order valence-electron chi connectivity index (χ3n) is 3.82. The number of alkyl halides is 2. The summed E-state index contributed by atoms with van der Waals surface area (Å²) >= 11 is 0. The Morgan fingerprint density at radius 1 is 1.43 bits per heavy atom. The molecule has 21 heavy (non-hydrogen) atoms. The summed E-state index contributed by atoms with van der Waals surface area (Å²) in [6.45, 7) is 0.708. The second-order valence-corrected chi connectivity index (χ2v) is 5.19. The third-order valence-corrected chi connectivity index (χ3v) is 3.82. The smallest absolute Gasteiger partial charge is 0.326 e. The van der Waals surface area contributed by atoms with E-state index in [2.05, 4.69) is 0 Å². The second-order valence-electron chi connectivity index (χ2n) is 5.19. The van der Waals surface area contributed by atoms with Crippen LogP contribution in [0.4, 0.5) is 13.6 Å². The first-order valence-corrected chi connectivity index (χ1v) is 7.08. The Bertz CT molecular complexity index is 368. The summed E-state index contributed by atoms with van der Waals surface area (Å²) < 4.78 is 25.0. The molecule has 0 bridgehead atoms. The molecule has 2 unspecified atom stereocenters. The van der Waals surface area contributed by atoms with Crippen molar-refractivity contribution in [2.24, 2.45) is 5.92 Å². The highest BCUT2D eigenvalue weighted by molar-refractivity contribution is 5.83. The van der Waals surface area contributed by atoms with E-state index in [0.29, 0.717) is 12.8 Å². The predicted molar refractivity (Wildman–Crippen MR) is 71.2 cm³/mol. The van der Waals surface area contributed by atoms with E-state index in [-0.39, 0.29) is 19.0 Å². The van der Waals surface area contributed by atoms with Gasteiger partial charge in [0.15, 0.2) is 0 Å². The van der Waals surface area contributed by atoms with E-state index in [9.17, 15) is 23.5 Å². The molecular formula is C13H22F2N2O4. The number of aliphatic hydroxyl groups is 1. The maximum atomic E-state index is 12.5. The van der Waals surface area contributed by atoms with Gasteiger partial charge in [-0.15, -0.1) is 0 Å². The number of hydrogen-bond donors (Lipinski definition) is 2. The second kappa shape index (κ2) is 8.11. The van der Waals surface area contributed by atoms with Gasteiger partial charge in [-0.1, -0.05) is 13.3 Å². The fourth-order valence-electron chi connectivity index (χ4n) is 2.61. The Kier molecular flexibility index (Phi) is 6.80. The van der Waals surface area contributed by atoms with Crippen molar-refractivity contribution in [1.82, 2.24) is 9.80 Å². The van der Waals surface area contributed by atoms with Crippen molar-refractivity contribution in [1.29, 1.82) is 0 Å². The van der Waals surface area contributed by atoms with Gasteiger partial charge in [0.2, 0.25) is 0 Å². The molecule has 1 aliphatic rings. The molecule has 8 heteroatoms. The Balaban J connectivity index is 2.83. The van der Waals surface area contributed by atoms with Gasteiger partial charge in [0.1, 0.15) is 6.04 Å². The van der Waals surface area contributed by atoms with Gasteiger partial charge in [-0.25, -0.2) is 18.4 Å². The van der Waals surface area contributed by atoms with E-state index in [1.54, 1.807) is 0 Å². The minimum Gasteiger partial charge on any atom is -0.480 e. The maximum absolute atomic E-state index is 12.5. The molecule has 1 rings (SSSR count). The van der Waals surface area contributed by atoms with Crippen LogP contribution in [-0.4, -0.2) is 70.7 Å². The zero-order valence-corrected chi connectivity index (χ0v) is 12.0. The van der Waals surface area contributed by atoms with Crippen LogP contribution in [-0.2, 0) is 4.79 Å². The van der Waals surface area contributed by atoms with Crippen molar-refractivity contribution in [2.45, 2.75) is 38.7 Å². The van der Waals surface area contributed by atoms with Gasteiger partial charge in [-0.3, -0.25) is 0 Å². The summed E-state index contributed by atoms with van der Waals surface area (Å²) in [5.41, 5.74) is 0. The number of halogens is 2. The van der Waals surface area contributed by atoms with Crippen LogP contribution in [0.1, 0.15) is 26.2 Å². The molecule has 1 heterocycles. The number of likely N-dealkylation sites (tertiary alicyclic amines) is 1. The fraction of sp³-hybridized carbons (Fsp3) is 0.846. The lowest BCUT2D eigenvalue weighted by molar-refractivity contribution is -0.144. The van der Waals surface area contributed by atoms with Gasteiger partial charge in [0.05, 0.1) is 13.2 Å². The highest BCUT2D eigenvalue weighted by atomic mass is 19.3. The number of urea groups is 1. The quantitative estimate of drug-likeness (QED) is 0.773. The minimum absolute atomic E-state index is 0.219. The van der Waals surface area contributed by atoms with Crippen LogP contribution in [0.3, 0.4) is 0 Å². The molecule has 0 saturated carbocycles. The highest BCUT2D eigenvalue weighted by Gasteiger charge is 2.37. The van der Waals surface area contributed by atoms with E-state index in [1.807, 2.05) is 6.92 Å². The monoisotopic (exact) mass is 308 g/mol. The zero-order valence-electron chi connectivity index (χ0n) is 12.0. The van der Waals surface area contributed by atoms with E-state index < -0.39 is 37.6 Å². The lowest BCUT2D eigenvalue weighted by atomic mass is 9.89. The zero-order chi connectivity index (χ0) is 16.0. The highest BCUT2D eigenvalue weighted by Crippen LogP contribution is 2.26. The number of rotatable bonds is 6. The number of carboxylic acid groups (broad SMARTS) is 1. The molecular weight excluding hydrogens is 286 g/mol. The molecule has 1 fully saturated rings. The standard InChI is InChI=1S/C13H22F2N2O4/c1-2-9-3-4-17(10(7-9)12(19)20)13(21)16(5-6-18)8-11(14)15/h9-11,18H,2-8H2,1H3,(H,19,20). The number of aliphatic hydroxyl groups excluding tert-OH is 1. The normalized spacial score (nSPS) is 22.4. The predicted octanol–water partition coefficient (Wildman–Crippen LogP) is 1.24. The summed E-state index contributed by atoms with van der Waals surface area (Å²) in [6, 6.07) is -1.73. The summed E-state index contributed by atoms with van der Waals surface area (Å²) in [5.74, 6) is -0.904. The molecule has 1 saturated heterocycles. The molecule has 2 N–H and O–H groups in total. The molecule has 2 amide bonds. The summed E-state index contributed by atoms with van der Waals surface area (Å²) in [4.78, 5) is 25.5. The number of carbonyl (C=O) groups is 2. The molecule has 0 aliphatic carbocycles. The average Bonchev–Trinajstić information content (AvgIpc) is 2.44. The van der Waals surface area contributed by atoms with Crippen LogP contribution in [0.2, 0.25) is 0 Å². The van der Waals surface area contributed by atoms with E-state index >= 15 is 0 Å². The SMILES string of the molecule is CCC1CCN(C(=O)N(CCO)CC(F)F)C(C(=O)O)C1. The van der Waals surface area contributed by atoms with Crippen molar-refractivity contribution in [2.75, 3.05) is 26.2 Å². The topological polar surface area (TPSA) is 81.1 Å². The van der Waals surface area contributed by atoms with Crippen LogP contribution in [0.5, 0.6) is 0 Å². The van der Waals surface area contributed by atoms with Crippen molar-refractivity contribution in [3.05, 3.63) is 0 Å². The number of nitrogens with zero attached hydrogens (tertiary/aromatic N) is 2. The number of hydrogen-bond acceptors (Lipinski definition) is 3. The Morgan fingerprint density at radius 2 is 2.10 bits per heavy atom. The summed E-state index contributed by atoms with van der Waals surface area (Å²) in [5, 5.41) is 18.1. The maximum Gasteiger partial charge on any atom is 0.326 e. The van der Waals surface area contributed by atoms with Gasteiger partial charge in [-0.2, -0.15) is 0 Å². The van der Waals surface area contributed by atoms with Gasteiger partial charge in [-0.05, 0) is 18.8 Å². The Hall–Kier alpha value is -1.44. The number of piperidine rings is 1. The van der Waals surface area contributed by atoms with Gasteiger partial charge in [0, 0.05) is 13.1 Å². The van der Waals surface area contributed by atoms with Crippen LogP contribution < -0.4 is 0 Å². The lowest BCUT2D eigenvalue weighted by Gasteiger charge is -2.39. The molecule has 122 valence electrons. The largest absolute Gasteiger partial charge is 0.480 e. The van der Waals surface area contributed by atoms with Crippen molar-refractivity contribution in [3.63, 3.8) is 0 Å². The molecule has 1 aliphatic heterocycles. The van der Waals surface area contributed by atoms with Crippen molar-refractivity contribution in [3.8, 4) is 0 Å². The number of carbonyl (C=O) groups excluding carboxylic acids is 1. The first-order chi connectivity index (χ1) is 9.90. The summed E-state index contributed by atoms with van der Waals surface area (Å²) in [6.07, 6.45) is -0.909. The van der Waals surface area contributed by atoms with Crippen molar-refractivity contribution < 1.29 is 28.6 Å². The fourth-order valence-corrected chi connectivity index (χ4v) is 2.61. The molecule has 2 atom stereocenters. The van der Waals surface area contributed by atoms with E-state index in [4.69, 9.17) is 5.11 Å². The van der Waals surface area contributed by atoms with Gasteiger partial charge >= 0.3 is 12.0 Å². The molecule has 0 aromatic rings. The molecule has 0 aromatic heterocycles. The molecule has 0 spiro atoms. The first kappa shape index (κ1) is 17.6. The third kappa shape index (κ3) is 4.80. The number of aliphatic carboxylic acids is 1. The van der Waals surface area contributed by atoms with Crippen LogP contribution in [0, 0.1) is 5.92 Å². The van der Waals surface area contributed by atoms with E-state index in [0.717, 1.165) is 16.2 Å². The summed E-state index contributed by atoms with van der Waals surface area (Å²) in [7, 11) is 0. The first-order valence-electron chi connectivity index (χ1n) is 7.08. The van der Waals surface area contributed by atoms with E-state index in [1.165, 1.54) is 0 Å². The Labute approximate surface area is 122 Å². The van der Waals surface area contributed by atoms with Gasteiger partial charge in [0.25, 0.3) is 6.43 Å². The van der Waals surface area contributed by atoms with Crippen LogP contribution >= 0.6 is 0 Å². The lowest BCUT2D eigenvalue weighted by Crippen LogP contribution is -2.55. The molecule has 6 nitrogen and oxygen atoms in total. The minimum atomic E-state index is -2.73. The van der Waals surface area contributed by atoms with Crippen LogP contribution in [0.25, 0.3) is 0 Å². The number of carboxylic acids is 1. The average molecular weight is 308 g/mol. The Morgan fingerprint density at radius 3 is 2.57 bits per heavy atom. The number of amides is 2.